The molecule has 13 heteroatoms. The number of alkyl halides is 6. The number of aliphatic hydroxyl groups is 1. The Hall–Kier alpha value is -3.15. The monoisotopic (exact) mass is 662 g/mol. The molecule has 6 rings (SSSR count). The first kappa shape index (κ1) is 32.2. The second-order valence-corrected chi connectivity index (χ2v) is 11.4. The van der Waals surface area contributed by atoms with Gasteiger partial charge in [0.05, 0.1) is 47.4 Å². The largest absolute Gasteiger partial charge is 0.492 e. The van der Waals surface area contributed by atoms with E-state index in [2.05, 4.69) is 0 Å². The Morgan fingerprint density at radius 2 is 1.45 bits per heavy atom. The number of rotatable bonds is 4. The number of esters is 1. The molecule has 3 atom stereocenters. The van der Waals surface area contributed by atoms with Crippen LogP contribution in [0.4, 0.5) is 26.3 Å². The summed E-state index contributed by atoms with van der Waals surface area (Å²) in [7, 11) is 1.35. The first-order valence-electron chi connectivity index (χ1n) is 13.6. The van der Waals surface area contributed by atoms with Crippen LogP contribution in [0.5, 0.6) is 11.5 Å². The molecule has 0 amide bonds. The molecule has 1 heterocycles. The molecule has 236 valence electrons. The number of fused-ring (bicyclic) bond motifs is 3. The Balaban J connectivity index is 0.000000215. The number of carbonyl (C=O) groups excluding carboxylic acids is 1. The lowest BCUT2D eigenvalue weighted by Gasteiger charge is -2.17. The van der Waals surface area contributed by atoms with Gasteiger partial charge in [0.2, 0.25) is 0 Å². The van der Waals surface area contributed by atoms with E-state index in [1.54, 1.807) is 12.1 Å². The highest BCUT2D eigenvalue weighted by molar-refractivity contribution is 6.32. The lowest BCUT2D eigenvalue weighted by molar-refractivity contribution is -0.141. The van der Waals surface area contributed by atoms with Crippen molar-refractivity contribution in [3.63, 3.8) is 0 Å². The molecule has 0 saturated heterocycles. The predicted octanol–water partition coefficient (Wildman–Crippen LogP) is 8.80. The number of carbonyl (C=O) groups is 1. The zero-order valence-corrected chi connectivity index (χ0v) is 24.6. The summed E-state index contributed by atoms with van der Waals surface area (Å²) in [5.74, 6) is 0.819. The van der Waals surface area contributed by atoms with Crippen molar-refractivity contribution in [3.05, 3.63) is 91.5 Å². The maximum atomic E-state index is 13.1. The van der Waals surface area contributed by atoms with Gasteiger partial charge in [0, 0.05) is 17.5 Å². The number of methoxy groups -OCH3 is 1. The van der Waals surface area contributed by atoms with Crippen molar-refractivity contribution in [2.45, 2.75) is 62.6 Å². The summed E-state index contributed by atoms with van der Waals surface area (Å²) >= 11 is 11.7. The van der Waals surface area contributed by atoms with Crippen molar-refractivity contribution in [1.29, 1.82) is 0 Å². The fourth-order valence-corrected chi connectivity index (χ4v) is 6.52. The van der Waals surface area contributed by atoms with Crippen LogP contribution in [-0.4, -0.2) is 24.8 Å². The fraction of sp³-hybridized carbons (Fsp3) is 0.387. The lowest BCUT2D eigenvalue weighted by atomic mass is 9.98. The number of hydrogen-bond acceptors (Lipinski definition) is 5. The average Bonchev–Trinajstić information content (AvgIpc) is 3.66. The van der Waals surface area contributed by atoms with Crippen LogP contribution in [0.1, 0.15) is 76.3 Å². The van der Waals surface area contributed by atoms with Crippen LogP contribution in [0.2, 0.25) is 10.0 Å². The Bertz CT molecular complexity index is 1570. The van der Waals surface area contributed by atoms with Gasteiger partial charge < -0.3 is 19.3 Å². The second-order valence-electron chi connectivity index (χ2n) is 10.7. The van der Waals surface area contributed by atoms with Gasteiger partial charge in [-0.05, 0) is 66.1 Å². The molecular weight excluding hydrogens is 637 g/mol. The summed E-state index contributed by atoms with van der Waals surface area (Å²) in [4.78, 5) is 11.5. The molecule has 0 saturated carbocycles. The molecule has 2 aliphatic carbocycles. The van der Waals surface area contributed by atoms with Crippen LogP contribution in [0.3, 0.4) is 0 Å². The minimum atomic E-state index is -4.48. The van der Waals surface area contributed by atoms with Crippen LogP contribution in [0.25, 0.3) is 0 Å². The molecule has 1 aliphatic heterocycles. The van der Waals surface area contributed by atoms with Gasteiger partial charge in [-0.15, -0.1) is 0 Å². The van der Waals surface area contributed by atoms with E-state index >= 15 is 0 Å². The molecular formula is C31H26Cl2F6O5. The molecule has 0 fully saturated rings. The van der Waals surface area contributed by atoms with Crippen molar-refractivity contribution >= 4 is 29.2 Å². The van der Waals surface area contributed by atoms with E-state index in [0.29, 0.717) is 66.0 Å². The highest BCUT2D eigenvalue weighted by atomic mass is 35.5. The Morgan fingerprint density at radius 1 is 0.886 bits per heavy atom. The van der Waals surface area contributed by atoms with Crippen molar-refractivity contribution < 1.29 is 50.5 Å². The van der Waals surface area contributed by atoms with Gasteiger partial charge >= 0.3 is 18.3 Å². The zero-order valence-electron chi connectivity index (χ0n) is 23.1. The van der Waals surface area contributed by atoms with E-state index in [-0.39, 0.29) is 34.5 Å². The van der Waals surface area contributed by atoms with E-state index in [9.17, 15) is 36.2 Å². The van der Waals surface area contributed by atoms with Gasteiger partial charge in [-0.25, -0.2) is 0 Å². The van der Waals surface area contributed by atoms with E-state index in [0.717, 1.165) is 17.7 Å². The lowest BCUT2D eigenvalue weighted by Crippen LogP contribution is -2.09. The summed E-state index contributed by atoms with van der Waals surface area (Å²) in [5, 5.41) is 8.95. The van der Waals surface area contributed by atoms with Crippen LogP contribution in [0.15, 0.2) is 42.5 Å². The normalized spacial score (nSPS) is 20.2. The first-order chi connectivity index (χ1) is 20.7. The molecule has 3 aliphatic rings. The molecule has 1 N–H and O–H groups in total. The molecule has 0 unspecified atom stereocenters. The van der Waals surface area contributed by atoms with Gasteiger partial charge in [-0.1, -0.05) is 41.4 Å². The molecule has 5 nitrogen and oxygen atoms in total. The number of hydrogen-bond donors (Lipinski definition) is 1. The van der Waals surface area contributed by atoms with Gasteiger partial charge in [-0.3, -0.25) is 4.79 Å². The number of benzene rings is 3. The minimum Gasteiger partial charge on any atom is -0.492 e. The molecule has 3 aromatic carbocycles. The molecule has 3 aromatic rings. The molecule has 0 bridgehead atoms. The van der Waals surface area contributed by atoms with E-state index in [1.807, 2.05) is 6.07 Å². The van der Waals surface area contributed by atoms with Gasteiger partial charge in [-0.2, -0.15) is 26.3 Å². The van der Waals surface area contributed by atoms with Crippen LogP contribution >= 0.6 is 23.2 Å². The zero-order chi connectivity index (χ0) is 32.0. The third-order valence-corrected chi connectivity index (χ3v) is 8.85. The Kier molecular flexibility index (Phi) is 9.04. The smallest absolute Gasteiger partial charge is 0.417 e. The van der Waals surface area contributed by atoms with E-state index < -0.39 is 29.6 Å². The molecule has 44 heavy (non-hydrogen) atoms. The fourth-order valence-electron chi connectivity index (χ4n) is 5.77. The maximum absolute atomic E-state index is 13.1. The summed E-state index contributed by atoms with van der Waals surface area (Å²) < 4.78 is 93.0. The Morgan fingerprint density at radius 3 is 2.07 bits per heavy atom. The third kappa shape index (κ3) is 6.46. The number of aliphatic hydroxyl groups excluding tert-OH is 1. The average molecular weight is 663 g/mol. The number of ether oxygens (including phenoxy) is 3. The standard InChI is InChI=1S/C21H18ClF3O4.C10H8ClF3O/c1-27-19(26)8-11-10-28-18-9-12(2-3-13(11)18)29-17-7-5-15-14(17)4-6-16(20(15)22)21(23,24)25;11-9-6-2-4-8(15)5(6)1-3-7(9)10(12,13)14/h2-4,6,9,11,17H,5,7-8,10H2,1H3;1,3,8,15H,2,4H2/t11-,17-;8-/m10/s1. The molecule has 0 aromatic heterocycles. The second kappa shape index (κ2) is 12.3. The highest BCUT2D eigenvalue weighted by Gasteiger charge is 2.38. The summed E-state index contributed by atoms with van der Waals surface area (Å²) in [5.41, 5.74) is 1.38. The van der Waals surface area contributed by atoms with E-state index in [1.165, 1.54) is 19.2 Å². The molecule has 0 radical (unpaired) electrons. The Labute approximate surface area is 258 Å². The van der Waals surface area contributed by atoms with Gasteiger partial charge in [0.15, 0.2) is 0 Å². The van der Waals surface area contributed by atoms with E-state index in [4.69, 9.17) is 37.4 Å². The van der Waals surface area contributed by atoms with Crippen LogP contribution in [0, 0.1) is 0 Å². The van der Waals surface area contributed by atoms with Crippen molar-refractivity contribution in [1.82, 2.24) is 0 Å². The van der Waals surface area contributed by atoms with Crippen molar-refractivity contribution in [2.75, 3.05) is 13.7 Å². The summed E-state index contributed by atoms with van der Waals surface area (Å²) in [6.45, 7) is 0.385. The summed E-state index contributed by atoms with van der Waals surface area (Å²) in [6.07, 6.45) is -7.93. The quantitative estimate of drug-likeness (QED) is 0.223. The molecule has 0 spiro atoms. The highest BCUT2D eigenvalue weighted by Crippen LogP contribution is 2.46. The topological polar surface area (TPSA) is 65.0 Å². The van der Waals surface area contributed by atoms with Gasteiger partial charge in [0.1, 0.15) is 17.6 Å². The predicted molar refractivity (Wildman–Crippen MR) is 149 cm³/mol. The SMILES string of the molecule is COC(=O)C[C@@H]1COc2cc(O[C@@H]3CCc4c3ccc(C(F)(F)F)c4Cl)ccc21.O[C@H]1CCc2c1ccc(C(F)(F)F)c2Cl. The first-order valence-corrected chi connectivity index (χ1v) is 14.4. The number of halogens is 8. The third-order valence-electron chi connectivity index (χ3n) is 7.98. The maximum Gasteiger partial charge on any atom is 0.417 e. The van der Waals surface area contributed by atoms with Crippen LogP contribution < -0.4 is 9.47 Å². The van der Waals surface area contributed by atoms with Crippen molar-refractivity contribution in [2.24, 2.45) is 0 Å². The summed E-state index contributed by atoms with van der Waals surface area (Å²) in [6, 6.07) is 10.1. The van der Waals surface area contributed by atoms with Gasteiger partial charge in [0.25, 0.3) is 0 Å². The van der Waals surface area contributed by atoms with Crippen LogP contribution in [-0.2, 0) is 34.7 Å². The van der Waals surface area contributed by atoms with Crippen molar-refractivity contribution in [3.8, 4) is 11.5 Å². The minimum absolute atomic E-state index is 0.0710.